The van der Waals surface area contributed by atoms with Gasteiger partial charge in [0.2, 0.25) is 4.80 Å². The molecule has 0 spiro atoms. The first kappa shape index (κ1) is 20.3. The van der Waals surface area contributed by atoms with Crippen molar-refractivity contribution in [2.45, 2.75) is 6.92 Å². The van der Waals surface area contributed by atoms with Gasteiger partial charge >= 0.3 is 0 Å². The summed E-state index contributed by atoms with van der Waals surface area (Å²) in [7, 11) is 0. The number of ether oxygens (including phenoxy) is 1. The molecular formula is C22H19BrN4O2S. The van der Waals surface area contributed by atoms with E-state index in [1.54, 1.807) is 6.21 Å². The molecule has 2 aromatic carbocycles. The molecule has 0 saturated carbocycles. The average molecular weight is 483 g/mol. The normalized spacial score (nSPS) is 13.8. The molecule has 3 aromatic rings. The van der Waals surface area contributed by atoms with E-state index in [2.05, 4.69) is 32.8 Å². The van der Waals surface area contributed by atoms with Crippen molar-refractivity contribution in [2.75, 3.05) is 18.5 Å². The fraction of sp³-hybridized carbons (Fsp3) is 0.136. The van der Waals surface area contributed by atoms with E-state index in [1.165, 1.54) is 11.3 Å². The van der Waals surface area contributed by atoms with Crippen LogP contribution >= 0.6 is 27.3 Å². The van der Waals surface area contributed by atoms with Gasteiger partial charge in [0.05, 0.1) is 24.1 Å². The van der Waals surface area contributed by atoms with Gasteiger partial charge in [-0.3, -0.25) is 9.79 Å². The predicted molar refractivity (Wildman–Crippen MR) is 124 cm³/mol. The number of aromatic nitrogens is 1. The topological polar surface area (TPSA) is 68.0 Å². The monoisotopic (exact) mass is 482 g/mol. The number of thiazole rings is 1. The fourth-order valence-electron chi connectivity index (χ4n) is 2.84. The van der Waals surface area contributed by atoms with Gasteiger partial charge in [0.15, 0.2) is 6.61 Å². The van der Waals surface area contributed by atoms with Crippen LogP contribution in [0.3, 0.4) is 0 Å². The summed E-state index contributed by atoms with van der Waals surface area (Å²) in [4.78, 5) is 17.1. The Bertz CT molecular complexity index is 1210. The summed E-state index contributed by atoms with van der Waals surface area (Å²) in [5, 5.41) is 9.55. The molecule has 0 fully saturated rings. The van der Waals surface area contributed by atoms with Gasteiger partial charge in [-0.05, 0) is 42.8 Å². The molecule has 0 bridgehead atoms. The van der Waals surface area contributed by atoms with Crippen LogP contribution in [-0.4, -0.2) is 29.9 Å². The van der Waals surface area contributed by atoms with Crippen molar-refractivity contribution in [3.8, 4) is 17.0 Å². The minimum atomic E-state index is -0.164. The number of hydrogen-bond donors (Lipinski definition) is 1. The molecule has 0 unspecified atom stereocenters. The number of nitrogens with zero attached hydrogens (tertiary/aromatic N) is 3. The number of carbonyl (C=O) groups excluding carboxylic acids is 1. The number of carbonyl (C=O) groups is 1. The Morgan fingerprint density at radius 3 is 2.90 bits per heavy atom. The van der Waals surface area contributed by atoms with Crippen molar-refractivity contribution in [1.82, 2.24) is 4.68 Å². The molecule has 6 nitrogen and oxygen atoms in total. The van der Waals surface area contributed by atoms with Crippen molar-refractivity contribution in [3.63, 3.8) is 0 Å². The maximum absolute atomic E-state index is 11.7. The molecule has 1 N–H and O–H groups in total. The Labute approximate surface area is 186 Å². The second-order valence-corrected chi connectivity index (χ2v) is 8.58. The van der Waals surface area contributed by atoms with Gasteiger partial charge < -0.3 is 10.1 Å². The summed E-state index contributed by atoms with van der Waals surface area (Å²) in [6.07, 6.45) is 1.80. The van der Waals surface area contributed by atoms with Gasteiger partial charge in [0, 0.05) is 15.4 Å². The van der Waals surface area contributed by atoms with Gasteiger partial charge in [0.1, 0.15) is 5.75 Å². The zero-order chi connectivity index (χ0) is 21.1. The van der Waals surface area contributed by atoms with E-state index in [1.807, 2.05) is 59.4 Å². The molecule has 1 aliphatic rings. The van der Waals surface area contributed by atoms with Crippen LogP contribution in [0.1, 0.15) is 12.5 Å². The lowest BCUT2D eigenvalue weighted by Gasteiger charge is -2.18. The zero-order valence-electron chi connectivity index (χ0n) is 16.3. The van der Waals surface area contributed by atoms with Crippen LogP contribution < -0.4 is 14.9 Å². The van der Waals surface area contributed by atoms with Gasteiger partial charge in [-0.2, -0.15) is 5.10 Å². The number of anilines is 1. The minimum absolute atomic E-state index is 0.0339. The molecule has 4 rings (SSSR count). The number of benzene rings is 2. The number of halogens is 1. The van der Waals surface area contributed by atoms with Crippen molar-refractivity contribution >= 4 is 45.1 Å². The van der Waals surface area contributed by atoms with E-state index >= 15 is 0 Å². The van der Waals surface area contributed by atoms with Crippen LogP contribution in [0, 0.1) is 0 Å². The molecule has 1 aliphatic heterocycles. The van der Waals surface area contributed by atoms with E-state index < -0.39 is 0 Å². The number of rotatable bonds is 5. The molecule has 1 aromatic heterocycles. The Balaban J connectivity index is 1.77. The van der Waals surface area contributed by atoms with Crippen molar-refractivity contribution in [3.05, 3.63) is 74.8 Å². The highest BCUT2D eigenvalue weighted by molar-refractivity contribution is 9.10. The summed E-state index contributed by atoms with van der Waals surface area (Å²) in [6, 6.07) is 13.6. The Morgan fingerprint density at radius 1 is 1.33 bits per heavy atom. The number of fused-ring (bicyclic) bond motifs is 1. The average Bonchev–Trinajstić information content (AvgIpc) is 3.14. The maximum Gasteiger partial charge on any atom is 0.262 e. The van der Waals surface area contributed by atoms with Crippen LogP contribution in [0.5, 0.6) is 5.75 Å². The predicted octanol–water partition coefficient (Wildman–Crippen LogP) is 4.67. The third kappa shape index (κ3) is 4.60. The first-order chi connectivity index (χ1) is 14.5. The van der Waals surface area contributed by atoms with Crippen LogP contribution in [0.25, 0.3) is 11.3 Å². The largest absolute Gasteiger partial charge is 0.482 e. The van der Waals surface area contributed by atoms with Gasteiger partial charge in [-0.15, -0.1) is 11.3 Å². The van der Waals surface area contributed by atoms with Gasteiger partial charge in [-0.25, -0.2) is 4.68 Å². The molecule has 0 saturated heterocycles. The molecule has 0 atom stereocenters. The molecule has 152 valence electrons. The highest BCUT2D eigenvalue weighted by Gasteiger charge is 2.17. The lowest BCUT2D eigenvalue weighted by atomic mass is 10.1. The van der Waals surface area contributed by atoms with E-state index in [0.717, 1.165) is 31.7 Å². The summed E-state index contributed by atoms with van der Waals surface area (Å²) in [5.41, 5.74) is 4.37. The molecular weight excluding hydrogens is 464 g/mol. The van der Waals surface area contributed by atoms with E-state index in [-0.39, 0.29) is 12.5 Å². The second kappa shape index (κ2) is 8.81. The molecule has 30 heavy (non-hydrogen) atoms. The highest BCUT2D eigenvalue weighted by Crippen LogP contribution is 2.32. The number of hydrogen-bond acceptors (Lipinski definition) is 5. The van der Waals surface area contributed by atoms with Crippen LogP contribution in [0.2, 0.25) is 0 Å². The smallest absolute Gasteiger partial charge is 0.262 e. The van der Waals surface area contributed by atoms with Gasteiger partial charge in [-0.1, -0.05) is 40.2 Å². The first-order valence-electron chi connectivity index (χ1n) is 9.22. The van der Waals surface area contributed by atoms with Crippen molar-refractivity contribution in [1.29, 1.82) is 0 Å². The van der Waals surface area contributed by atoms with Crippen molar-refractivity contribution in [2.24, 2.45) is 10.1 Å². The zero-order valence-corrected chi connectivity index (χ0v) is 18.7. The fourth-order valence-corrected chi connectivity index (χ4v) is 3.94. The Hall–Kier alpha value is -2.97. The standard InChI is InChI=1S/C22H19BrN4O2S/c1-14(2)10-24-22-27(25-11-15-3-6-17(23)7-4-15)19(13-30-22)16-5-8-20-18(9-16)26-21(28)12-29-20/h3-9,11,13H,1,10,12H2,2H3,(H,26,28). The van der Waals surface area contributed by atoms with E-state index in [0.29, 0.717) is 18.0 Å². The Morgan fingerprint density at radius 2 is 2.13 bits per heavy atom. The molecule has 0 radical (unpaired) electrons. The number of nitrogens with one attached hydrogen (secondary N) is 1. The first-order valence-corrected chi connectivity index (χ1v) is 10.9. The van der Waals surface area contributed by atoms with Crippen molar-refractivity contribution < 1.29 is 9.53 Å². The summed E-state index contributed by atoms with van der Waals surface area (Å²) >= 11 is 4.95. The maximum atomic E-state index is 11.7. The second-order valence-electron chi connectivity index (χ2n) is 6.83. The minimum Gasteiger partial charge on any atom is -0.482 e. The summed E-state index contributed by atoms with van der Waals surface area (Å²) in [6.45, 7) is 6.43. The van der Waals surface area contributed by atoms with Crippen LogP contribution in [0.4, 0.5) is 5.69 Å². The number of amides is 1. The van der Waals surface area contributed by atoms with E-state index in [4.69, 9.17) is 9.84 Å². The molecule has 0 aliphatic carbocycles. The quantitative estimate of drug-likeness (QED) is 0.424. The molecule has 1 amide bonds. The lowest BCUT2D eigenvalue weighted by molar-refractivity contribution is -0.118. The molecule has 8 heteroatoms. The summed E-state index contributed by atoms with van der Waals surface area (Å²) < 4.78 is 8.29. The Kier molecular flexibility index (Phi) is 5.96. The summed E-state index contributed by atoms with van der Waals surface area (Å²) in [5.74, 6) is 0.494. The third-order valence-corrected chi connectivity index (χ3v) is 5.65. The lowest BCUT2D eigenvalue weighted by Crippen LogP contribution is -2.25. The van der Waals surface area contributed by atoms with E-state index in [9.17, 15) is 4.79 Å². The van der Waals surface area contributed by atoms with Crippen LogP contribution in [-0.2, 0) is 4.79 Å². The molecule has 2 heterocycles. The van der Waals surface area contributed by atoms with Gasteiger partial charge in [0.25, 0.3) is 5.91 Å². The SMILES string of the molecule is C=C(C)CN=c1scc(-c2ccc3c(c2)NC(=O)CO3)n1N=Cc1ccc(Br)cc1. The highest BCUT2D eigenvalue weighted by atomic mass is 79.9. The third-order valence-electron chi connectivity index (χ3n) is 4.27. The van der Waals surface area contributed by atoms with Crippen LogP contribution in [0.15, 0.2) is 74.6 Å².